The van der Waals surface area contributed by atoms with Crippen molar-refractivity contribution in [3.8, 4) is 17.6 Å². The molecule has 0 aromatic heterocycles. The average Bonchev–Trinajstić information content (AvgIpc) is 2.78. The fourth-order valence-electron chi connectivity index (χ4n) is 2.08. The summed E-state index contributed by atoms with van der Waals surface area (Å²) < 4.78 is 0. The normalized spacial score (nSPS) is 18.2. The molecule has 1 aromatic carbocycles. The van der Waals surface area contributed by atoms with Crippen LogP contribution in [0, 0.1) is 11.3 Å². The molecule has 1 aliphatic heterocycles. The van der Waals surface area contributed by atoms with Crippen LogP contribution in [0.4, 0.5) is 0 Å². The fourth-order valence-corrected chi connectivity index (χ4v) is 2.08. The van der Waals surface area contributed by atoms with Crippen molar-refractivity contribution in [2.45, 2.75) is 18.9 Å². The van der Waals surface area contributed by atoms with Gasteiger partial charge in [-0.25, -0.2) is 0 Å². The summed E-state index contributed by atoms with van der Waals surface area (Å²) in [4.78, 5) is 2.09. The third kappa shape index (κ3) is 1.95. The second-order valence-electron chi connectivity index (χ2n) is 4.02. The number of phenolic OH excluding ortho intramolecular Hbond substituents is 2. The Hall–Kier alpha value is -1.73. The molecular weight excluding hydrogens is 204 g/mol. The van der Waals surface area contributed by atoms with Gasteiger partial charge in [-0.3, -0.25) is 4.90 Å². The van der Waals surface area contributed by atoms with E-state index in [-0.39, 0.29) is 17.5 Å². The Morgan fingerprint density at radius 3 is 2.44 bits per heavy atom. The number of likely N-dealkylation sites (tertiary alicyclic amines) is 1. The highest BCUT2D eigenvalue weighted by Gasteiger charge is 2.23. The zero-order chi connectivity index (χ0) is 11.5. The van der Waals surface area contributed by atoms with Gasteiger partial charge in [0.1, 0.15) is 6.04 Å². The largest absolute Gasteiger partial charge is 0.504 e. The van der Waals surface area contributed by atoms with E-state index in [1.165, 1.54) is 12.1 Å². The lowest BCUT2D eigenvalue weighted by molar-refractivity contribution is 0.293. The molecule has 84 valence electrons. The van der Waals surface area contributed by atoms with E-state index in [4.69, 9.17) is 5.26 Å². The van der Waals surface area contributed by atoms with Gasteiger partial charge in [0, 0.05) is 0 Å². The second-order valence-corrected chi connectivity index (χ2v) is 4.02. The molecule has 1 aromatic rings. The fraction of sp³-hybridized carbons (Fsp3) is 0.417. The number of hydrogen-bond donors (Lipinski definition) is 2. The van der Waals surface area contributed by atoms with Crippen LogP contribution in [0.1, 0.15) is 24.4 Å². The minimum absolute atomic E-state index is 0.151. The minimum atomic E-state index is -0.325. The van der Waals surface area contributed by atoms with Gasteiger partial charge in [-0.2, -0.15) is 5.26 Å². The van der Waals surface area contributed by atoms with E-state index in [2.05, 4.69) is 11.0 Å². The SMILES string of the molecule is N#CC(c1ccc(O)c(O)c1)N1CCCC1. The van der Waals surface area contributed by atoms with E-state index >= 15 is 0 Å². The molecule has 0 amide bonds. The van der Waals surface area contributed by atoms with Crippen molar-refractivity contribution >= 4 is 0 Å². The number of nitrogens with zero attached hydrogens (tertiary/aromatic N) is 2. The van der Waals surface area contributed by atoms with Gasteiger partial charge in [0.05, 0.1) is 6.07 Å². The van der Waals surface area contributed by atoms with Crippen LogP contribution in [-0.4, -0.2) is 28.2 Å². The molecule has 1 saturated heterocycles. The first-order valence-corrected chi connectivity index (χ1v) is 5.38. The minimum Gasteiger partial charge on any atom is -0.504 e. The lowest BCUT2D eigenvalue weighted by atomic mass is 10.1. The highest BCUT2D eigenvalue weighted by Crippen LogP contribution is 2.31. The second kappa shape index (κ2) is 4.42. The highest BCUT2D eigenvalue weighted by atomic mass is 16.3. The molecule has 1 heterocycles. The van der Waals surface area contributed by atoms with Gasteiger partial charge < -0.3 is 10.2 Å². The quantitative estimate of drug-likeness (QED) is 0.742. The number of hydrogen-bond acceptors (Lipinski definition) is 4. The first-order chi connectivity index (χ1) is 7.72. The maximum atomic E-state index is 9.41. The number of rotatable bonds is 2. The highest BCUT2D eigenvalue weighted by molar-refractivity contribution is 5.42. The summed E-state index contributed by atoms with van der Waals surface area (Å²) in [6.07, 6.45) is 2.23. The molecule has 16 heavy (non-hydrogen) atoms. The monoisotopic (exact) mass is 218 g/mol. The molecular formula is C12H14N2O2. The molecule has 1 fully saturated rings. The number of aromatic hydroxyl groups is 2. The zero-order valence-electron chi connectivity index (χ0n) is 8.93. The Labute approximate surface area is 94.4 Å². The maximum Gasteiger partial charge on any atom is 0.157 e. The third-order valence-electron chi connectivity index (χ3n) is 2.94. The summed E-state index contributed by atoms with van der Waals surface area (Å²) >= 11 is 0. The smallest absolute Gasteiger partial charge is 0.157 e. The van der Waals surface area contributed by atoms with Crippen LogP contribution in [0.25, 0.3) is 0 Å². The Kier molecular flexibility index (Phi) is 2.97. The van der Waals surface area contributed by atoms with E-state index < -0.39 is 0 Å². The molecule has 0 saturated carbocycles. The van der Waals surface area contributed by atoms with Crippen LogP contribution in [-0.2, 0) is 0 Å². The van der Waals surface area contributed by atoms with Crippen LogP contribution in [0.3, 0.4) is 0 Å². The molecule has 0 aliphatic carbocycles. The summed E-state index contributed by atoms with van der Waals surface area (Å²) in [5.41, 5.74) is 0.736. The first kappa shape index (κ1) is 10.8. The molecule has 0 bridgehead atoms. The van der Waals surface area contributed by atoms with E-state index in [1.807, 2.05) is 0 Å². The van der Waals surface area contributed by atoms with Crippen LogP contribution >= 0.6 is 0 Å². The molecule has 1 unspecified atom stereocenters. The molecule has 1 atom stereocenters. The standard InChI is InChI=1S/C12H14N2O2/c13-8-10(14-5-1-2-6-14)9-3-4-11(15)12(16)7-9/h3-4,7,10,15-16H,1-2,5-6H2. The van der Waals surface area contributed by atoms with Crippen molar-refractivity contribution in [1.29, 1.82) is 5.26 Å². The van der Waals surface area contributed by atoms with Crippen molar-refractivity contribution in [2.24, 2.45) is 0 Å². The molecule has 4 nitrogen and oxygen atoms in total. The van der Waals surface area contributed by atoms with E-state index in [9.17, 15) is 10.2 Å². The van der Waals surface area contributed by atoms with Crippen molar-refractivity contribution in [3.63, 3.8) is 0 Å². The van der Waals surface area contributed by atoms with Crippen LogP contribution < -0.4 is 0 Å². The third-order valence-corrected chi connectivity index (χ3v) is 2.94. The Balaban J connectivity index is 2.26. The van der Waals surface area contributed by atoms with Crippen molar-refractivity contribution < 1.29 is 10.2 Å². The van der Waals surface area contributed by atoms with Crippen molar-refractivity contribution in [2.75, 3.05) is 13.1 Å². The molecule has 2 N–H and O–H groups in total. The Bertz CT molecular complexity index is 420. The predicted octanol–water partition coefficient (Wildman–Crippen LogP) is 1.76. The van der Waals surface area contributed by atoms with E-state index in [0.29, 0.717) is 0 Å². The number of phenols is 2. The topological polar surface area (TPSA) is 67.5 Å². The molecule has 0 spiro atoms. The van der Waals surface area contributed by atoms with Gasteiger partial charge in [-0.1, -0.05) is 6.07 Å². The molecule has 2 rings (SSSR count). The van der Waals surface area contributed by atoms with Gasteiger partial charge in [0.15, 0.2) is 11.5 Å². The summed E-state index contributed by atoms with van der Waals surface area (Å²) in [6.45, 7) is 1.83. The number of nitriles is 1. The van der Waals surface area contributed by atoms with Gasteiger partial charge in [0.2, 0.25) is 0 Å². The van der Waals surface area contributed by atoms with Crippen LogP contribution in [0.5, 0.6) is 11.5 Å². The Morgan fingerprint density at radius 1 is 1.19 bits per heavy atom. The van der Waals surface area contributed by atoms with E-state index in [0.717, 1.165) is 31.5 Å². The average molecular weight is 218 g/mol. The zero-order valence-corrected chi connectivity index (χ0v) is 8.93. The maximum absolute atomic E-state index is 9.41. The first-order valence-electron chi connectivity index (χ1n) is 5.38. The lowest BCUT2D eigenvalue weighted by Crippen LogP contribution is -2.24. The summed E-state index contributed by atoms with van der Waals surface area (Å²) in [5, 5.41) is 27.8. The van der Waals surface area contributed by atoms with Crippen LogP contribution in [0.15, 0.2) is 18.2 Å². The molecule has 1 aliphatic rings. The lowest BCUT2D eigenvalue weighted by Gasteiger charge is -2.21. The number of benzene rings is 1. The van der Waals surface area contributed by atoms with Gasteiger partial charge in [-0.05, 0) is 43.6 Å². The molecule has 0 radical (unpaired) electrons. The van der Waals surface area contributed by atoms with Crippen molar-refractivity contribution in [1.82, 2.24) is 4.90 Å². The van der Waals surface area contributed by atoms with Crippen LogP contribution in [0.2, 0.25) is 0 Å². The van der Waals surface area contributed by atoms with Gasteiger partial charge in [-0.15, -0.1) is 0 Å². The molecule has 4 heteroatoms. The predicted molar refractivity (Wildman–Crippen MR) is 58.9 cm³/mol. The summed E-state index contributed by atoms with van der Waals surface area (Å²) in [6, 6.07) is 6.48. The van der Waals surface area contributed by atoms with Crippen molar-refractivity contribution in [3.05, 3.63) is 23.8 Å². The van der Waals surface area contributed by atoms with Gasteiger partial charge in [0.25, 0.3) is 0 Å². The summed E-state index contributed by atoms with van der Waals surface area (Å²) in [5.74, 6) is -0.321. The Morgan fingerprint density at radius 2 is 1.88 bits per heavy atom. The van der Waals surface area contributed by atoms with E-state index in [1.54, 1.807) is 6.07 Å². The summed E-state index contributed by atoms with van der Waals surface area (Å²) in [7, 11) is 0. The van der Waals surface area contributed by atoms with Gasteiger partial charge >= 0.3 is 0 Å².